The number of esters is 2. The molecule has 1 aromatic rings. The van der Waals surface area contributed by atoms with Crippen molar-refractivity contribution in [2.45, 2.75) is 46.1 Å². The lowest BCUT2D eigenvalue weighted by atomic mass is 9.75. The van der Waals surface area contributed by atoms with E-state index in [0.29, 0.717) is 34.8 Å². The molecular formula is C23H27NO6. The lowest BCUT2D eigenvalue weighted by Gasteiger charge is -2.36. The van der Waals surface area contributed by atoms with E-state index in [-0.39, 0.29) is 18.5 Å². The average molecular weight is 413 g/mol. The molecule has 1 aromatic carbocycles. The van der Waals surface area contributed by atoms with E-state index < -0.39 is 18.5 Å². The fourth-order valence-corrected chi connectivity index (χ4v) is 3.96. The van der Waals surface area contributed by atoms with Crippen LogP contribution in [0.25, 0.3) is 6.08 Å². The predicted molar refractivity (Wildman–Crippen MR) is 108 cm³/mol. The highest BCUT2D eigenvalue weighted by Crippen LogP contribution is 2.35. The molecule has 1 saturated carbocycles. The lowest BCUT2D eigenvalue weighted by Crippen LogP contribution is -2.36. The van der Waals surface area contributed by atoms with Crippen molar-refractivity contribution in [2.24, 2.45) is 17.8 Å². The zero-order valence-electron chi connectivity index (χ0n) is 17.6. The maximum Gasteiger partial charge on any atom is 0.349 e. The third-order valence-corrected chi connectivity index (χ3v) is 5.61. The van der Waals surface area contributed by atoms with Gasteiger partial charge in [-0.2, -0.15) is 5.26 Å². The van der Waals surface area contributed by atoms with Gasteiger partial charge in [0.05, 0.1) is 0 Å². The van der Waals surface area contributed by atoms with Gasteiger partial charge >= 0.3 is 11.9 Å². The Morgan fingerprint density at radius 3 is 2.77 bits per heavy atom. The molecule has 0 spiro atoms. The molecule has 160 valence electrons. The highest BCUT2D eigenvalue weighted by molar-refractivity contribution is 5.98. The molecule has 0 saturated heterocycles. The third-order valence-electron chi connectivity index (χ3n) is 5.61. The largest absolute Gasteiger partial charge is 0.460 e. The fraction of sp³-hybridized carbons (Fsp3) is 0.522. The number of carbonyl (C=O) groups excluding carboxylic acids is 2. The Bertz CT molecular complexity index is 869. The molecule has 0 N–H and O–H groups in total. The van der Waals surface area contributed by atoms with E-state index in [9.17, 15) is 14.9 Å². The van der Waals surface area contributed by atoms with Gasteiger partial charge in [0.2, 0.25) is 6.79 Å². The molecule has 1 heterocycles. The number of ether oxygens (including phenoxy) is 4. The van der Waals surface area contributed by atoms with Gasteiger partial charge in [0.15, 0.2) is 18.1 Å². The van der Waals surface area contributed by atoms with Crippen LogP contribution < -0.4 is 9.47 Å². The molecule has 1 fully saturated rings. The van der Waals surface area contributed by atoms with Gasteiger partial charge in [-0.05, 0) is 54.4 Å². The highest BCUT2D eigenvalue weighted by atomic mass is 16.7. The zero-order valence-corrected chi connectivity index (χ0v) is 17.6. The van der Waals surface area contributed by atoms with Gasteiger partial charge in [-0.25, -0.2) is 9.59 Å². The molecule has 0 radical (unpaired) electrons. The Morgan fingerprint density at radius 2 is 2.03 bits per heavy atom. The average Bonchev–Trinajstić information content (AvgIpc) is 3.18. The van der Waals surface area contributed by atoms with Crippen LogP contribution in [-0.4, -0.2) is 31.4 Å². The Balaban J connectivity index is 1.57. The molecule has 3 atom stereocenters. The summed E-state index contributed by atoms with van der Waals surface area (Å²) in [5.41, 5.74) is 0.374. The van der Waals surface area contributed by atoms with Gasteiger partial charge in [-0.3, -0.25) is 0 Å². The minimum absolute atomic E-state index is 0.134. The number of carbonyl (C=O) groups is 2. The predicted octanol–water partition coefficient (Wildman–Crippen LogP) is 3.87. The molecule has 0 amide bonds. The number of rotatable bonds is 6. The molecule has 0 aromatic heterocycles. The zero-order chi connectivity index (χ0) is 21.7. The molecule has 1 aliphatic carbocycles. The summed E-state index contributed by atoms with van der Waals surface area (Å²) in [6.45, 7) is 6.02. The molecular weight excluding hydrogens is 386 g/mol. The van der Waals surface area contributed by atoms with Crippen molar-refractivity contribution in [3.8, 4) is 17.6 Å². The number of hydrogen-bond acceptors (Lipinski definition) is 7. The number of hydrogen-bond donors (Lipinski definition) is 0. The summed E-state index contributed by atoms with van der Waals surface area (Å²) < 4.78 is 21.2. The molecule has 0 unspecified atom stereocenters. The van der Waals surface area contributed by atoms with Gasteiger partial charge in [0, 0.05) is 0 Å². The van der Waals surface area contributed by atoms with Crippen LogP contribution in [0.5, 0.6) is 11.5 Å². The van der Waals surface area contributed by atoms with Crippen LogP contribution in [0.3, 0.4) is 0 Å². The quantitative estimate of drug-likeness (QED) is 0.397. The molecule has 1 aliphatic heterocycles. The minimum atomic E-state index is -0.871. The SMILES string of the molecule is CC(C)[C@@H]1CC[C@@H](C)C[C@H]1OC(=O)COC(=O)/C(C#N)=C/c1ccc2c(c1)OCO2. The second-order valence-corrected chi connectivity index (χ2v) is 8.21. The van der Waals surface area contributed by atoms with E-state index in [4.69, 9.17) is 18.9 Å². The van der Waals surface area contributed by atoms with E-state index in [1.807, 2.05) is 6.07 Å². The summed E-state index contributed by atoms with van der Waals surface area (Å²) in [7, 11) is 0. The summed E-state index contributed by atoms with van der Waals surface area (Å²) in [5, 5.41) is 9.31. The van der Waals surface area contributed by atoms with Crippen LogP contribution in [0, 0.1) is 29.1 Å². The Hall–Kier alpha value is -3.01. The summed E-state index contributed by atoms with van der Waals surface area (Å²) in [6.07, 6.45) is 4.18. The van der Waals surface area contributed by atoms with Crippen LogP contribution in [0.2, 0.25) is 0 Å². The van der Waals surface area contributed by atoms with Crippen molar-refractivity contribution in [2.75, 3.05) is 13.4 Å². The standard InChI is InChI=1S/C23H27NO6/c1-14(2)18-6-4-15(3)8-20(18)30-22(25)12-27-23(26)17(11-24)9-16-5-7-19-21(10-16)29-13-28-19/h5,7,9-10,14-15,18,20H,4,6,8,12-13H2,1-3H3/b17-9+/t15-,18+,20-/m1/s1. The Labute approximate surface area is 176 Å². The fourth-order valence-electron chi connectivity index (χ4n) is 3.96. The maximum absolute atomic E-state index is 12.3. The first kappa shape index (κ1) is 21.7. The lowest BCUT2D eigenvalue weighted by molar-refractivity contribution is -0.165. The monoisotopic (exact) mass is 413 g/mol. The molecule has 2 aliphatic rings. The van der Waals surface area contributed by atoms with E-state index in [1.165, 1.54) is 6.08 Å². The van der Waals surface area contributed by atoms with Gasteiger partial charge in [-0.1, -0.05) is 33.3 Å². The number of nitriles is 1. The van der Waals surface area contributed by atoms with E-state index >= 15 is 0 Å². The number of fused-ring (bicyclic) bond motifs is 1. The topological polar surface area (TPSA) is 94.9 Å². The summed E-state index contributed by atoms with van der Waals surface area (Å²) in [6, 6.07) is 6.87. The Morgan fingerprint density at radius 1 is 1.27 bits per heavy atom. The second kappa shape index (κ2) is 9.66. The summed E-state index contributed by atoms with van der Waals surface area (Å²) >= 11 is 0. The molecule has 7 heteroatoms. The van der Waals surface area contributed by atoms with Crippen molar-refractivity contribution < 1.29 is 28.5 Å². The number of benzene rings is 1. The van der Waals surface area contributed by atoms with Crippen molar-refractivity contribution in [3.05, 3.63) is 29.3 Å². The molecule has 30 heavy (non-hydrogen) atoms. The van der Waals surface area contributed by atoms with Crippen LogP contribution in [0.4, 0.5) is 0 Å². The normalized spacial score (nSPS) is 23.0. The smallest absolute Gasteiger partial charge is 0.349 e. The van der Waals surface area contributed by atoms with E-state index in [1.54, 1.807) is 18.2 Å². The van der Waals surface area contributed by atoms with Gasteiger partial charge in [-0.15, -0.1) is 0 Å². The van der Waals surface area contributed by atoms with Crippen LogP contribution in [0.15, 0.2) is 23.8 Å². The maximum atomic E-state index is 12.3. The third kappa shape index (κ3) is 5.32. The summed E-state index contributed by atoms with van der Waals surface area (Å²) in [4.78, 5) is 24.5. The number of nitrogens with zero attached hydrogens (tertiary/aromatic N) is 1. The van der Waals surface area contributed by atoms with Gasteiger partial charge in [0.1, 0.15) is 17.7 Å². The molecule has 0 bridgehead atoms. The first-order chi connectivity index (χ1) is 14.4. The van der Waals surface area contributed by atoms with Crippen LogP contribution in [-0.2, 0) is 19.1 Å². The van der Waals surface area contributed by atoms with Crippen molar-refractivity contribution in [3.63, 3.8) is 0 Å². The van der Waals surface area contributed by atoms with Gasteiger partial charge < -0.3 is 18.9 Å². The van der Waals surface area contributed by atoms with E-state index in [2.05, 4.69) is 20.8 Å². The van der Waals surface area contributed by atoms with Crippen LogP contribution in [0.1, 0.15) is 45.6 Å². The Kier molecular flexibility index (Phi) is 6.99. The minimum Gasteiger partial charge on any atom is -0.460 e. The van der Waals surface area contributed by atoms with Gasteiger partial charge in [0.25, 0.3) is 0 Å². The molecule has 3 rings (SSSR count). The van der Waals surface area contributed by atoms with Crippen molar-refractivity contribution >= 4 is 18.0 Å². The summed E-state index contributed by atoms with van der Waals surface area (Å²) in [5.74, 6) is 0.898. The van der Waals surface area contributed by atoms with E-state index in [0.717, 1.165) is 19.3 Å². The highest BCUT2D eigenvalue weighted by Gasteiger charge is 2.33. The van der Waals surface area contributed by atoms with Crippen LogP contribution >= 0.6 is 0 Å². The van der Waals surface area contributed by atoms with Crippen molar-refractivity contribution in [1.82, 2.24) is 0 Å². The molecule has 7 nitrogen and oxygen atoms in total. The first-order valence-corrected chi connectivity index (χ1v) is 10.3. The van der Waals surface area contributed by atoms with Crippen molar-refractivity contribution in [1.29, 1.82) is 5.26 Å². The second-order valence-electron chi connectivity index (χ2n) is 8.21. The first-order valence-electron chi connectivity index (χ1n) is 10.3.